The molecule has 1 fully saturated rings. The maximum absolute atomic E-state index is 12.1. The minimum Gasteiger partial charge on any atom is -0.508 e. The van der Waals surface area contributed by atoms with E-state index in [0.717, 1.165) is 12.1 Å². The summed E-state index contributed by atoms with van der Waals surface area (Å²) in [7, 11) is 0. The Kier molecular flexibility index (Phi) is 5.15. The van der Waals surface area contributed by atoms with Crippen molar-refractivity contribution in [3.63, 3.8) is 0 Å². The van der Waals surface area contributed by atoms with Crippen LogP contribution in [-0.4, -0.2) is 57.5 Å². The summed E-state index contributed by atoms with van der Waals surface area (Å²) in [6.07, 6.45) is -3.89. The van der Waals surface area contributed by atoms with Crippen LogP contribution in [0.4, 0.5) is 0 Å². The van der Waals surface area contributed by atoms with E-state index >= 15 is 0 Å². The zero-order valence-electron chi connectivity index (χ0n) is 13.8. The van der Waals surface area contributed by atoms with Crippen LogP contribution in [-0.2, 0) is 14.2 Å². The summed E-state index contributed by atoms with van der Waals surface area (Å²) in [4.78, 5) is 24.1. The van der Waals surface area contributed by atoms with Crippen molar-refractivity contribution in [1.82, 2.24) is 0 Å². The molecule has 0 bridgehead atoms. The number of rotatable bonds is 4. The molecule has 1 aliphatic heterocycles. The summed E-state index contributed by atoms with van der Waals surface area (Å²) in [5.41, 5.74) is 0.0171. The van der Waals surface area contributed by atoms with Gasteiger partial charge < -0.3 is 34.6 Å². The van der Waals surface area contributed by atoms with Gasteiger partial charge in [0.1, 0.15) is 5.75 Å². The zero-order valence-corrected chi connectivity index (χ0v) is 13.8. The van der Waals surface area contributed by atoms with Crippen molar-refractivity contribution < 1.29 is 44.2 Å². The first kappa shape index (κ1) is 18.5. The van der Waals surface area contributed by atoms with Gasteiger partial charge in [0, 0.05) is 0 Å². The first-order valence-electron chi connectivity index (χ1n) is 7.88. The molecule has 0 spiro atoms. The number of hydrogen-bond acceptors (Lipinski definition) is 9. The fraction of sp³-hybridized carbons (Fsp3) is 0.222. The highest BCUT2D eigenvalue weighted by molar-refractivity contribution is 5.90. The van der Waals surface area contributed by atoms with Gasteiger partial charge in [-0.15, -0.1) is 0 Å². The Morgan fingerprint density at radius 3 is 2.33 bits per heavy atom. The van der Waals surface area contributed by atoms with E-state index in [1.54, 1.807) is 0 Å². The van der Waals surface area contributed by atoms with Crippen LogP contribution >= 0.6 is 0 Å². The van der Waals surface area contributed by atoms with Crippen molar-refractivity contribution in [3.05, 3.63) is 53.6 Å². The Labute approximate surface area is 153 Å². The van der Waals surface area contributed by atoms with Crippen LogP contribution in [0.5, 0.6) is 17.2 Å². The summed E-state index contributed by atoms with van der Waals surface area (Å²) >= 11 is 0. The number of carbonyl (C=O) groups excluding carboxylic acids is 2. The third-order valence-corrected chi connectivity index (χ3v) is 3.86. The number of ether oxygens (including phenoxy) is 3. The third-order valence-electron chi connectivity index (χ3n) is 3.86. The number of carbonyl (C=O) groups is 2. The second-order valence-corrected chi connectivity index (χ2v) is 5.80. The number of aliphatic hydroxyl groups excluding tert-OH is 1. The normalized spacial score (nSPS) is 21.6. The molecule has 9 nitrogen and oxygen atoms in total. The van der Waals surface area contributed by atoms with Crippen molar-refractivity contribution in [2.75, 3.05) is 6.61 Å². The Balaban J connectivity index is 1.61. The van der Waals surface area contributed by atoms with Gasteiger partial charge in [-0.1, -0.05) is 6.07 Å². The maximum atomic E-state index is 12.1. The van der Waals surface area contributed by atoms with Crippen LogP contribution < -0.4 is 0 Å². The van der Waals surface area contributed by atoms with Crippen LogP contribution in [0.15, 0.2) is 42.5 Å². The number of esters is 2. The first-order chi connectivity index (χ1) is 12.8. The molecule has 2 aromatic rings. The summed E-state index contributed by atoms with van der Waals surface area (Å²) in [6.45, 7) is -0.213. The lowest BCUT2D eigenvalue weighted by atomic mass is 10.2. The molecule has 1 saturated heterocycles. The predicted octanol–water partition coefficient (Wildman–Crippen LogP) is 0.903. The molecule has 3 atom stereocenters. The van der Waals surface area contributed by atoms with Crippen LogP contribution in [0.2, 0.25) is 0 Å². The van der Waals surface area contributed by atoms with Crippen molar-refractivity contribution >= 4 is 11.9 Å². The predicted molar refractivity (Wildman–Crippen MR) is 88.2 cm³/mol. The molecule has 0 saturated carbocycles. The van der Waals surface area contributed by atoms with E-state index in [0.29, 0.717) is 0 Å². The van der Waals surface area contributed by atoms with Gasteiger partial charge in [-0.2, -0.15) is 0 Å². The SMILES string of the molecule is O=C(OC1COC(OC(=O)c2cccc(O)c2)C1O)c1ccc(O)c(O)c1. The second-order valence-electron chi connectivity index (χ2n) is 5.80. The molecule has 142 valence electrons. The van der Waals surface area contributed by atoms with Gasteiger partial charge >= 0.3 is 11.9 Å². The van der Waals surface area contributed by atoms with E-state index in [4.69, 9.17) is 14.2 Å². The lowest BCUT2D eigenvalue weighted by Gasteiger charge is -2.18. The molecule has 27 heavy (non-hydrogen) atoms. The van der Waals surface area contributed by atoms with Crippen LogP contribution in [0, 0.1) is 0 Å². The Bertz CT molecular complexity index is 864. The second kappa shape index (κ2) is 7.52. The van der Waals surface area contributed by atoms with Gasteiger partial charge in [-0.3, -0.25) is 0 Å². The van der Waals surface area contributed by atoms with Gasteiger partial charge in [0.25, 0.3) is 0 Å². The molecule has 9 heteroatoms. The highest BCUT2D eigenvalue weighted by atomic mass is 16.7. The van der Waals surface area contributed by atoms with E-state index < -0.39 is 41.9 Å². The Morgan fingerprint density at radius 1 is 0.926 bits per heavy atom. The molecule has 2 aromatic carbocycles. The van der Waals surface area contributed by atoms with Crippen LogP contribution in [0.25, 0.3) is 0 Å². The summed E-state index contributed by atoms with van der Waals surface area (Å²) in [6, 6.07) is 8.81. The minimum atomic E-state index is -1.43. The molecule has 0 radical (unpaired) electrons. The number of hydrogen-bond donors (Lipinski definition) is 4. The van der Waals surface area contributed by atoms with E-state index in [1.807, 2.05) is 0 Å². The Hall–Kier alpha value is -3.30. The highest BCUT2D eigenvalue weighted by Crippen LogP contribution is 2.26. The van der Waals surface area contributed by atoms with Gasteiger partial charge in [-0.05, 0) is 36.4 Å². The van der Waals surface area contributed by atoms with E-state index in [9.17, 15) is 30.0 Å². The summed E-state index contributed by atoms with van der Waals surface area (Å²) in [5.74, 6) is -2.70. The van der Waals surface area contributed by atoms with E-state index in [1.165, 1.54) is 30.3 Å². The number of phenolic OH excluding ortho intramolecular Hbond substituents is 3. The quantitative estimate of drug-likeness (QED) is 0.452. The van der Waals surface area contributed by atoms with Gasteiger partial charge in [-0.25, -0.2) is 9.59 Å². The topological polar surface area (TPSA) is 143 Å². The molecule has 1 aliphatic rings. The van der Waals surface area contributed by atoms with E-state index in [2.05, 4.69) is 0 Å². The number of phenols is 3. The molecular weight excluding hydrogens is 360 g/mol. The third kappa shape index (κ3) is 4.10. The Morgan fingerprint density at radius 2 is 1.63 bits per heavy atom. The number of aromatic hydroxyl groups is 3. The zero-order chi connectivity index (χ0) is 19.6. The largest absolute Gasteiger partial charge is 0.508 e. The van der Waals surface area contributed by atoms with Gasteiger partial charge in [0.05, 0.1) is 17.7 Å². The van der Waals surface area contributed by atoms with E-state index in [-0.39, 0.29) is 23.5 Å². The average molecular weight is 376 g/mol. The number of benzene rings is 2. The number of aliphatic hydroxyl groups is 1. The monoisotopic (exact) mass is 376 g/mol. The lowest BCUT2D eigenvalue weighted by Crippen LogP contribution is -2.36. The fourth-order valence-corrected chi connectivity index (χ4v) is 2.43. The fourth-order valence-electron chi connectivity index (χ4n) is 2.43. The van der Waals surface area contributed by atoms with Crippen molar-refractivity contribution in [1.29, 1.82) is 0 Å². The molecular formula is C18H16O9. The first-order valence-corrected chi connectivity index (χ1v) is 7.88. The molecule has 0 aliphatic carbocycles. The van der Waals surface area contributed by atoms with Crippen molar-refractivity contribution in [2.45, 2.75) is 18.5 Å². The molecule has 3 rings (SSSR count). The average Bonchev–Trinajstić information content (AvgIpc) is 2.97. The molecule has 4 N–H and O–H groups in total. The van der Waals surface area contributed by atoms with Gasteiger partial charge in [0.2, 0.25) is 6.29 Å². The minimum absolute atomic E-state index is 0.0438. The van der Waals surface area contributed by atoms with Crippen molar-refractivity contribution in [3.8, 4) is 17.2 Å². The van der Waals surface area contributed by atoms with Crippen LogP contribution in [0.1, 0.15) is 20.7 Å². The summed E-state index contributed by atoms with van der Waals surface area (Å²) in [5, 5.41) is 38.2. The smallest absolute Gasteiger partial charge is 0.340 e. The molecule has 3 unspecified atom stereocenters. The molecule has 1 heterocycles. The lowest BCUT2D eigenvalue weighted by molar-refractivity contribution is -0.121. The van der Waals surface area contributed by atoms with Gasteiger partial charge in [0.15, 0.2) is 23.7 Å². The molecule has 0 amide bonds. The molecule has 0 aromatic heterocycles. The summed E-state index contributed by atoms with van der Waals surface area (Å²) < 4.78 is 15.3. The van der Waals surface area contributed by atoms with Crippen molar-refractivity contribution in [2.24, 2.45) is 0 Å². The standard InChI is InChI=1S/C18H16O9/c19-11-3-1-2-9(6-11)17(24)27-18-15(22)14(8-25-18)26-16(23)10-4-5-12(20)13(21)7-10/h1-7,14-15,18-22H,8H2. The van der Waals surface area contributed by atoms with Crippen LogP contribution in [0.3, 0.4) is 0 Å². The highest BCUT2D eigenvalue weighted by Gasteiger charge is 2.41. The maximum Gasteiger partial charge on any atom is 0.340 e.